The molecule has 131 heavy (non-hydrogen) atoms. The minimum absolute atomic E-state index is 0.0320. The molecule has 1 aliphatic carbocycles. The molecule has 15 atom stereocenters. The Labute approximate surface area is 771 Å². The second-order valence-corrected chi connectivity index (χ2v) is 35.4. The first kappa shape index (κ1) is 105. The molecule has 2 saturated heterocycles. The Morgan fingerprint density at radius 1 is 0.656 bits per heavy atom. The van der Waals surface area contributed by atoms with Gasteiger partial charge < -0.3 is 107 Å². The van der Waals surface area contributed by atoms with Crippen LogP contribution < -0.4 is 5.73 Å². The third-order valence-corrected chi connectivity index (χ3v) is 25.4. The molecule has 33 heteroatoms. The van der Waals surface area contributed by atoms with Crippen molar-refractivity contribution in [3.05, 3.63) is 113 Å². The normalized spacial score (nSPS) is 26.5. The third kappa shape index (κ3) is 32.5. The maximum absolute atomic E-state index is 14.8. The summed E-state index contributed by atoms with van der Waals surface area (Å²) in [5.41, 5.74) is 14.2. The lowest BCUT2D eigenvalue weighted by Gasteiger charge is -2.42. The number of aliphatic hydroxyl groups is 2. The number of benzene rings is 1. The van der Waals surface area contributed by atoms with Crippen molar-refractivity contribution in [3.8, 4) is 11.3 Å². The molecule has 2 bridgehead atoms. The van der Waals surface area contributed by atoms with Crippen LogP contribution in [0.1, 0.15) is 168 Å². The number of nitrogen functional groups attached to an aromatic ring is 1. The zero-order valence-corrected chi connectivity index (χ0v) is 78.7. The number of nitrogens with zero attached hydrogens (tertiary/aromatic N) is 7. The van der Waals surface area contributed by atoms with E-state index in [-0.39, 0.29) is 66.8 Å². The van der Waals surface area contributed by atoms with Gasteiger partial charge >= 0.3 is 11.9 Å². The number of esters is 2. The number of aromatic amines is 1. The van der Waals surface area contributed by atoms with Crippen LogP contribution in [0, 0.1) is 35.5 Å². The van der Waals surface area contributed by atoms with Gasteiger partial charge in [-0.15, -0.1) is 0 Å². The molecule has 8 heterocycles. The highest BCUT2D eigenvalue weighted by Gasteiger charge is 2.53. The number of amides is 2. The van der Waals surface area contributed by atoms with Crippen LogP contribution in [0.5, 0.6) is 0 Å². The first-order valence-corrected chi connectivity index (χ1v) is 47.2. The van der Waals surface area contributed by atoms with Gasteiger partial charge in [0.05, 0.1) is 162 Å². The lowest BCUT2D eigenvalue weighted by molar-refractivity contribution is -0.265. The van der Waals surface area contributed by atoms with E-state index in [9.17, 15) is 39.0 Å². The summed E-state index contributed by atoms with van der Waals surface area (Å²) < 4.78 is 94.7. The van der Waals surface area contributed by atoms with Crippen molar-refractivity contribution >= 4 is 63.2 Å². The van der Waals surface area contributed by atoms with E-state index in [1.807, 2.05) is 99.0 Å². The van der Waals surface area contributed by atoms with Crippen LogP contribution in [-0.4, -0.2) is 306 Å². The number of aromatic nitrogens is 6. The fraction of sp³-hybridized carbons (Fsp3) is 0.673. The number of methoxy groups -OCH3 is 3. The number of ether oxygens (including phenoxy) is 16. The molecule has 1 saturated carbocycles. The van der Waals surface area contributed by atoms with Crippen molar-refractivity contribution in [1.82, 2.24) is 39.5 Å². The number of H-pyrrole nitrogens is 1. The van der Waals surface area contributed by atoms with Crippen LogP contribution in [0.25, 0.3) is 33.3 Å². The molecule has 5 N–H and O–H groups in total. The van der Waals surface area contributed by atoms with Crippen LogP contribution in [0.4, 0.5) is 5.82 Å². The van der Waals surface area contributed by atoms with Gasteiger partial charge in [-0.25, -0.2) is 24.4 Å². The Balaban J connectivity index is 0.518. The second-order valence-electron chi connectivity index (χ2n) is 35.4. The maximum Gasteiger partial charge on any atom is 0.329 e. The molecule has 5 aromatic rings. The van der Waals surface area contributed by atoms with Gasteiger partial charge in [0, 0.05) is 95.6 Å². The summed E-state index contributed by atoms with van der Waals surface area (Å²) in [4.78, 5) is 104. The van der Waals surface area contributed by atoms with Gasteiger partial charge in [-0.3, -0.25) is 24.0 Å². The van der Waals surface area contributed by atoms with Gasteiger partial charge in [0.25, 0.3) is 11.7 Å². The van der Waals surface area contributed by atoms with Gasteiger partial charge in [-0.1, -0.05) is 89.3 Å². The first-order chi connectivity index (χ1) is 63.5. The van der Waals surface area contributed by atoms with Crippen LogP contribution in [-0.2, 0) is 124 Å². The van der Waals surface area contributed by atoms with E-state index in [1.165, 1.54) is 23.9 Å². The van der Waals surface area contributed by atoms with E-state index < -0.39 is 77.9 Å². The number of nitrogens with two attached hydrogens (primary N) is 1. The second kappa shape index (κ2) is 55.6. The summed E-state index contributed by atoms with van der Waals surface area (Å²) >= 11 is 0. The zero-order valence-electron chi connectivity index (χ0n) is 78.7. The van der Waals surface area contributed by atoms with Crippen molar-refractivity contribution in [3.63, 3.8) is 0 Å². The number of ketones is 2. The Bertz CT molecular complexity index is 4480. The minimum Gasteiger partial charge on any atom is -0.461 e. The van der Waals surface area contributed by atoms with Gasteiger partial charge in [-0.2, -0.15) is 5.10 Å². The van der Waals surface area contributed by atoms with E-state index in [4.69, 9.17) is 86.6 Å². The van der Waals surface area contributed by atoms with Crippen molar-refractivity contribution in [2.24, 2.45) is 35.5 Å². The lowest BCUT2D eigenvalue weighted by atomic mass is 9.78. The number of piperidine rings is 1. The number of hydrogen-bond acceptors (Lipinski definition) is 29. The van der Waals surface area contributed by atoms with Crippen LogP contribution in [0.2, 0.25) is 0 Å². The zero-order chi connectivity index (χ0) is 93.4. The number of cyclic esters (lactones) is 1. The average molecular weight is 1830 g/mol. The number of carbonyl (C=O) groups is 6. The van der Waals surface area contributed by atoms with E-state index in [1.54, 1.807) is 34.3 Å². The third-order valence-electron chi connectivity index (χ3n) is 25.4. The number of pyridine rings is 1. The molecule has 726 valence electrons. The Kier molecular flexibility index (Phi) is 44.5. The van der Waals surface area contributed by atoms with E-state index in [0.29, 0.717) is 263 Å². The minimum atomic E-state index is -2.43. The maximum atomic E-state index is 14.8. The smallest absolute Gasteiger partial charge is 0.329 e. The fourth-order valence-corrected chi connectivity index (χ4v) is 17.9. The number of Topliss-reactive ketones (excluding diaryl/α,β-unsaturated/α-hetero) is 2. The number of hydrogen-bond donors (Lipinski definition) is 4. The number of nitrogens with one attached hydrogen (secondary N) is 1. The number of allylic oxidation sites excluding steroid dienone is 6. The number of aliphatic hydroxyl groups excluding tert-OH is 1. The molecular formula is C98H145N9O24. The van der Waals surface area contributed by atoms with Crippen LogP contribution >= 0.6 is 0 Å². The quantitative estimate of drug-likeness (QED) is 0.0122. The average Bonchev–Trinajstić information content (AvgIpc) is 1.67. The molecule has 0 radical (unpaired) electrons. The summed E-state index contributed by atoms with van der Waals surface area (Å²) in [5.74, 6) is -6.59. The molecule has 1 aromatic carbocycles. The monoisotopic (exact) mass is 1830 g/mol. The lowest BCUT2D eigenvalue weighted by Crippen LogP contribution is -2.61. The van der Waals surface area contributed by atoms with Gasteiger partial charge in [0.15, 0.2) is 11.4 Å². The molecule has 33 nitrogen and oxygen atoms in total. The molecular weight excluding hydrogens is 1690 g/mol. The highest BCUT2D eigenvalue weighted by molar-refractivity contribution is 6.39. The molecule has 0 unspecified atom stereocenters. The topological polar surface area (TPSA) is 395 Å². The molecule has 2 amide bonds. The molecule has 3 fully saturated rings. The standard InChI is InChI=1S/C98H145N9O24/c1-66-17-12-11-13-18-68(3)83(116-8)61-79-26-22-72(7)98(115,131-79)92(112)96(113)106-33-15-14-19-80(106)97(114)130-81(27-21-67(2)56-71(6)90(111)91(118-10)89(110)70(5)55-66)69(4)57-73-24-28-82(84(59-73)117-9)129-86(109)20-16-35-119-37-39-121-41-43-123-45-47-125-49-51-127-53-54-128-52-50-126-48-46-124-44-42-122-40-38-120-36-31-85(108)105-34-30-75-58-74(23-25-77(75)64-105)63-107-95-87(93(99)102-65-103-95)88(104-107)78-60-76-29-32-100-94(76)101-62-78/h11-13,17-18,23,25,29,32,56,58,60,62,65-67,69-70,72-73,79-84,90-91,111,115H,14-16,19-22,24,26-28,30-31,33-55,57,59,61,63-64H2,1-10H3,(H,100,101)(H2,99,102,103)/b13-11+,17-12+,68-18+,71-56+/t66-,67+,69-,70-,72-,73+,79+,80+,81+,82-,83+,84-,90-,91+,98-/m1/s1. The Hall–Kier alpha value is -8.20. The van der Waals surface area contributed by atoms with E-state index >= 15 is 0 Å². The van der Waals surface area contributed by atoms with Crippen molar-refractivity contribution < 1.29 is 115 Å². The SMILES string of the molecule is CO[C@H]1C[C@@H]2CC[C@@H](C)[C@@](O)(O2)C(=O)C(=O)N2CCCC[C@H]2C(=O)O[C@H]([C@H](C)C[C@@H]2CC[C@@H](OC(=O)CCCOCCOCCOCCOCCOCCOCCOCCOCCOCCOCCC(=O)N3CCc4cc(Cn5nc(-c6cnc7[nH]ccc7c6)c6c(N)ncnc65)ccc4C3)[C@H](OC)C2)CC[C@H](C)/C=C(\C)[C@@H](O)[C@@H](OC)C(=O)[C@H](C)C[C@H](C)/C=C/C=C/C=C/1C. The van der Waals surface area contributed by atoms with Crippen molar-refractivity contribution in [1.29, 1.82) is 0 Å². The number of rotatable bonds is 44. The fourth-order valence-electron chi connectivity index (χ4n) is 17.9. The Morgan fingerprint density at radius 2 is 1.31 bits per heavy atom. The highest BCUT2D eigenvalue weighted by Crippen LogP contribution is 2.40. The predicted molar refractivity (Wildman–Crippen MR) is 490 cm³/mol. The molecule has 10 rings (SSSR count). The van der Waals surface area contributed by atoms with Crippen LogP contribution in [0.3, 0.4) is 0 Å². The summed E-state index contributed by atoms with van der Waals surface area (Å²) in [7, 11) is 4.64. The summed E-state index contributed by atoms with van der Waals surface area (Å²) in [5, 5.41) is 30.4. The van der Waals surface area contributed by atoms with Gasteiger partial charge in [0.1, 0.15) is 53.9 Å². The van der Waals surface area contributed by atoms with Gasteiger partial charge in [0.2, 0.25) is 11.7 Å². The molecule has 5 aliphatic rings. The largest absolute Gasteiger partial charge is 0.461 e. The highest BCUT2D eigenvalue weighted by atomic mass is 16.6. The van der Waals surface area contributed by atoms with E-state index in [2.05, 4.69) is 38.1 Å². The van der Waals surface area contributed by atoms with Crippen molar-refractivity contribution in [2.75, 3.05) is 172 Å². The summed E-state index contributed by atoms with van der Waals surface area (Å²) in [6, 6.07) is 9.28. The van der Waals surface area contributed by atoms with Crippen LogP contribution in [0.15, 0.2) is 96.7 Å². The summed E-state index contributed by atoms with van der Waals surface area (Å²) in [6.07, 6.45) is 20.3. The molecule has 4 aromatic heterocycles. The van der Waals surface area contributed by atoms with Gasteiger partial charge in [-0.05, 0) is 167 Å². The van der Waals surface area contributed by atoms with Crippen molar-refractivity contribution in [2.45, 2.75) is 225 Å². The van der Waals surface area contributed by atoms with E-state index in [0.717, 1.165) is 46.1 Å². The predicted octanol–water partition coefficient (Wildman–Crippen LogP) is 10.8. The number of anilines is 1. The molecule has 0 spiro atoms. The summed E-state index contributed by atoms with van der Waals surface area (Å²) in [6.45, 7) is 23.2. The number of carbonyl (C=O) groups excluding carboxylic acids is 6. The Morgan fingerprint density at radius 3 is 1.96 bits per heavy atom. The number of fused-ring (bicyclic) bond motifs is 6. The molecule has 4 aliphatic heterocycles. The first-order valence-electron chi connectivity index (χ1n) is 47.2.